The van der Waals surface area contributed by atoms with Crippen molar-refractivity contribution in [2.24, 2.45) is 0 Å². The molecule has 0 radical (unpaired) electrons. The maximum atomic E-state index is 5.94. The number of halogens is 1. The molecule has 4 aromatic rings. The molecule has 0 atom stereocenters. The van der Waals surface area contributed by atoms with Gasteiger partial charge in [0, 0.05) is 40.5 Å². The van der Waals surface area contributed by atoms with E-state index >= 15 is 0 Å². The van der Waals surface area contributed by atoms with Gasteiger partial charge in [-0.05, 0) is 47.5 Å². The van der Waals surface area contributed by atoms with Crippen molar-refractivity contribution in [3.05, 3.63) is 108 Å². The summed E-state index contributed by atoms with van der Waals surface area (Å²) in [5, 5.41) is 6.76. The second-order valence-corrected chi connectivity index (χ2v) is 8.45. The van der Waals surface area contributed by atoms with Crippen LogP contribution in [-0.2, 0) is 19.6 Å². The van der Waals surface area contributed by atoms with Crippen LogP contribution in [0.1, 0.15) is 11.1 Å². The normalized spacial score (nSPS) is 10.4. The Balaban J connectivity index is 0.00000132. The Morgan fingerprint density at radius 3 is 2.16 bits per heavy atom. The fourth-order valence-corrected chi connectivity index (χ4v) is 4.45. The predicted octanol–water partition coefficient (Wildman–Crippen LogP) is 7.17. The van der Waals surface area contributed by atoms with E-state index in [9.17, 15) is 0 Å². The van der Waals surface area contributed by atoms with E-state index in [4.69, 9.17) is 11.6 Å². The van der Waals surface area contributed by atoms with Crippen LogP contribution in [0, 0.1) is 12.8 Å². The largest absolute Gasteiger partial charge is 0.332 e. The maximum Gasteiger partial charge on any atom is 0.0810 e. The number of hydrogen-bond acceptors (Lipinski definition) is 2. The molecular formula is C27H25ClN2S. The summed E-state index contributed by atoms with van der Waals surface area (Å²) in [7, 11) is 0. The van der Waals surface area contributed by atoms with Crippen LogP contribution in [0.25, 0.3) is 10.9 Å². The Kier molecular flexibility index (Phi) is 8.44. The van der Waals surface area contributed by atoms with Gasteiger partial charge < -0.3 is 9.88 Å². The Hall–Kier alpha value is -2.90. The third-order valence-corrected chi connectivity index (χ3v) is 6.11. The van der Waals surface area contributed by atoms with Gasteiger partial charge in [0.2, 0.25) is 0 Å². The highest BCUT2D eigenvalue weighted by atomic mass is 35.5. The molecule has 1 N–H and O–H groups in total. The molecule has 3 aromatic carbocycles. The molecule has 1 aromatic heterocycles. The van der Waals surface area contributed by atoms with Gasteiger partial charge in [0.25, 0.3) is 0 Å². The van der Waals surface area contributed by atoms with Gasteiger partial charge in [-0.25, -0.2) is 0 Å². The van der Waals surface area contributed by atoms with Crippen molar-refractivity contribution in [2.45, 2.75) is 29.6 Å². The third-order valence-electron chi connectivity index (χ3n) is 4.80. The molecule has 0 fully saturated rings. The smallest absolute Gasteiger partial charge is 0.0810 e. The molecule has 2 nitrogen and oxygen atoms in total. The standard InChI is InChI=1S/C25H23ClN2S.C2H2/c1-2-15-28-24-6-4-3-5-21(24)16-25(28)29-23-13-9-20(10-14-23)18-27-17-19-7-11-22(26)12-8-19;1-2/h2-14,16,27H,1,15,17-18H2;1-2H. The van der Waals surface area contributed by atoms with Gasteiger partial charge in [0.05, 0.1) is 5.03 Å². The maximum absolute atomic E-state index is 5.94. The topological polar surface area (TPSA) is 17.0 Å². The summed E-state index contributed by atoms with van der Waals surface area (Å²) in [4.78, 5) is 1.24. The van der Waals surface area contributed by atoms with Crippen LogP contribution in [0.2, 0.25) is 5.02 Å². The third kappa shape index (κ3) is 6.06. The first-order chi connectivity index (χ1) is 15.2. The highest BCUT2D eigenvalue weighted by Crippen LogP contribution is 2.33. The number of terminal acetylenes is 1. The number of benzene rings is 3. The quantitative estimate of drug-likeness (QED) is 0.229. The highest BCUT2D eigenvalue weighted by molar-refractivity contribution is 7.99. The Labute approximate surface area is 193 Å². The molecule has 0 bridgehead atoms. The summed E-state index contributed by atoms with van der Waals surface area (Å²) in [6, 6.07) is 27.5. The van der Waals surface area contributed by atoms with E-state index in [1.54, 1.807) is 11.8 Å². The van der Waals surface area contributed by atoms with Crippen LogP contribution in [0.15, 0.2) is 101 Å². The lowest BCUT2D eigenvalue weighted by molar-refractivity contribution is 0.693. The van der Waals surface area contributed by atoms with Crippen LogP contribution in [0.3, 0.4) is 0 Å². The molecule has 0 saturated heterocycles. The number of fused-ring (bicyclic) bond motifs is 1. The first kappa shape index (κ1) is 22.8. The van der Waals surface area contributed by atoms with E-state index in [1.165, 1.54) is 32.0 Å². The van der Waals surface area contributed by atoms with Crippen molar-refractivity contribution >= 4 is 34.3 Å². The molecular weight excluding hydrogens is 420 g/mol. The predicted molar refractivity (Wildman–Crippen MR) is 135 cm³/mol. The van der Waals surface area contributed by atoms with Gasteiger partial charge >= 0.3 is 0 Å². The summed E-state index contributed by atoms with van der Waals surface area (Å²) >= 11 is 7.73. The monoisotopic (exact) mass is 444 g/mol. The number of hydrogen-bond donors (Lipinski definition) is 1. The van der Waals surface area contributed by atoms with Gasteiger partial charge in [-0.3, -0.25) is 0 Å². The second kappa shape index (κ2) is 11.5. The molecule has 0 saturated carbocycles. The highest BCUT2D eigenvalue weighted by Gasteiger charge is 2.09. The SMILES string of the molecule is C#C.C=CCn1c(Sc2ccc(CNCc3ccc(Cl)cc3)cc2)cc2ccccc21. The molecule has 4 rings (SSSR count). The van der Waals surface area contributed by atoms with Gasteiger partial charge in [0.1, 0.15) is 0 Å². The van der Waals surface area contributed by atoms with E-state index in [1.807, 2.05) is 18.2 Å². The molecule has 0 aliphatic rings. The fourth-order valence-electron chi connectivity index (χ4n) is 3.34. The minimum absolute atomic E-state index is 0.772. The zero-order chi connectivity index (χ0) is 22.1. The van der Waals surface area contributed by atoms with Gasteiger partial charge in [0.15, 0.2) is 0 Å². The van der Waals surface area contributed by atoms with Crippen molar-refractivity contribution in [1.82, 2.24) is 9.88 Å². The average Bonchev–Trinajstić information content (AvgIpc) is 3.15. The summed E-state index contributed by atoms with van der Waals surface area (Å²) < 4.78 is 2.31. The van der Waals surface area contributed by atoms with Crippen molar-refractivity contribution in [3.8, 4) is 12.8 Å². The van der Waals surface area contributed by atoms with E-state index in [-0.39, 0.29) is 0 Å². The van der Waals surface area contributed by atoms with Crippen molar-refractivity contribution in [2.75, 3.05) is 0 Å². The van der Waals surface area contributed by atoms with Gasteiger partial charge in [-0.1, -0.05) is 71.9 Å². The molecule has 0 unspecified atom stereocenters. The summed E-state index contributed by atoms with van der Waals surface area (Å²) in [6.07, 6.45) is 9.95. The molecule has 31 heavy (non-hydrogen) atoms. The molecule has 4 heteroatoms. The molecule has 1 heterocycles. The van der Waals surface area contributed by atoms with Crippen LogP contribution < -0.4 is 5.32 Å². The van der Waals surface area contributed by atoms with E-state index in [0.717, 1.165) is 24.7 Å². The fraction of sp³-hybridized carbons (Fsp3) is 0.111. The minimum atomic E-state index is 0.772. The second-order valence-electron chi connectivity index (χ2n) is 6.92. The molecule has 0 spiro atoms. The van der Waals surface area contributed by atoms with Crippen LogP contribution in [-0.4, -0.2) is 4.57 Å². The summed E-state index contributed by atoms with van der Waals surface area (Å²) in [6.45, 7) is 6.39. The number of allylic oxidation sites excluding steroid dienone is 1. The molecule has 0 aliphatic carbocycles. The lowest BCUT2D eigenvalue weighted by atomic mass is 10.2. The van der Waals surface area contributed by atoms with E-state index in [2.05, 4.69) is 96.0 Å². The van der Waals surface area contributed by atoms with Crippen molar-refractivity contribution in [1.29, 1.82) is 0 Å². The van der Waals surface area contributed by atoms with Crippen LogP contribution in [0.5, 0.6) is 0 Å². The number of aromatic nitrogens is 1. The average molecular weight is 445 g/mol. The first-order valence-electron chi connectivity index (χ1n) is 9.97. The van der Waals surface area contributed by atoms with Crippen LogP contribution >= 0.6 is 23.4 Å². The molecule has 0 amide bonds. The molecule has 156 valence electrons. The number of para-hydroxylation sites is 1. The molecule has 0 aliphatic heterocycles. The van der Waals surface area contributed by atoms with Gasteiger partial charge in [-0.15, -0.1) is 19.4 Å². The van der Waals surface area contributed by atoms with Crippen LogP contribution in [0.4, 0.5) is 0 Å². The van der Waals surface area contributed by atoms with Crippen molar-refractivity contribution in [3.63, 3.8) is 0 Å². The lowest BCUT2D eigenvalue weighted by Gasteiger charge is -2.09. The zero-order valence-electron chi connectivity index (χ0n) is 17.3. The first-order valence-corrected chi connectivity index (χ1v) is 11.2. The zero-order valence-corrected chi connectivity index (χ0v) is 18.9. The lowest BCUT2D eigenvalue weighted by Crippen LogP contribution is -2.12. The van der Waals surface area contributed by atoms with E-state index < -0.39 is 0 Å². The Morgan fingerprint density at radius 2 is 1.52 bits per heavy atom. The Bertz CT molecular complexity index is 1140. The Morgan fingerprint density at radius 1 is 0.903 bits per heavy atom. The number of nitrogens with one attached hydrogen (secondary N) is 1. The number of rotatable bonds is 8. The minimum Gasteiger partial charge on any atom is -0.332 e. The number of nitrogens with zero attached hydrogens (tertiary/aromatic N) is 1. The van der Waals surface area contributed by atoms with E-state index in [0.29, 0.717) is 0 Å². The summed E-state index contributed by atoms with van der Waals surface area (Å²) in [5.74, 6) is 0. The van der Waals surface area contributed by atoms with Gasteiger partial charge in [-0.2, -0.15) is 0 Å². The summed E-state index contributed by atoms with van der Waals surface area (Å²) in [5.41, 5.74) is 3.75. The van der Waals surface area contributed by atoms with Crippen molar-refractivity contribution < 1.29 is 0 Å².